The van der Waals surface area contributed by atoms with E-state index >= 15 is 0 Å². The maximum Gasteiger partial charge on any atom is 0.260 e. The first-order valence-corrected chi connectivity index (χ1v) is 12.3. The fraction of sp³-hybridized carbons (Fsp3) is 0.600. The highest BCUT2D eigenvalue weighted by Crippen LogP contribution is 2.43. The molecule has 0 radical (unpaired) electrons. The predicted molar refractivity (Wildman–Crippen MR) is 124 cm³/mol. The second-order valence-electron chi connectivity index (χ2n) is 9.45. The maximum atomic E-state index is 13.0. The van der Waals surface area contributed by atoms with Crippen LogP contribution < -0.4 is 5.32 Å². The van der Waals surface area contributed by atoms with Crippen LogP contribution in [0.25, 0.3) is 6.08 Å². The van der Waals surface area contributed by atoms with E-state index in [0.29, 0.717) is 17.2 Å². The van der Waals surface area contributed by atoms with Crippen molar-refractivity contribution in [2.24, 2.45) is 11.8 Å². The largest absolute Gasteiger partial charge is 0.353 e. The zero-order valence-electron chi connectivity index (χ0n) is 18.4. The molecule has 3 fully saturated rings. The summed E-state index contributed by atoms with van der Waals surface area (Å²) < 4.78 is 0. The third-order valence-corrected chi connectivity index (χ3v) is 8.61. The summed E-state index contributed by atoms with van der Waals surface area (Å²) in [6, 6.07) is 8.73. The van der Waals surface area contributed by atoms with Gasteiger partial charge in [0.2, 0.25) is 5.91 Å². The van der Waals surface area contributed by atoms with E-state index in [9.17, 15) is 9.59 Å². The Morgan fingerprint density at radius 2 is 2.00 bits per heavy atom. The molecule has 3 aliphatic rings. The van der Waals surface area contributed by atoms with Gasteiger partial charge in [0.25, 0.3) is 5.91 Å². The molecular weight excluding hydrogens is 392 g/mol. The molecule has 5 heteroatoms. The molecule has 1 aliphatic heterocycles. The van der Waals surface area contributed by atoms with E-state index in [1.165, 1.54) is 24.8 Å². The molecular formula is C25H34N2O2S. The molecule has 4 nitrogen and oxygen atoms in total. The van der Waals surface area contributed by atoms with Crippen molar-refractivity contribution in [3.63, 3.8) is 0 Å². The van der Waals surface area contributed by atoms with E-state index in [4.69, 9.17) is 0 Å². The second-order valence-corrected chi connectivity index (χ2v) is 10.7. The lowest BCUT2D eigenvalue weighted by atomic mass is 9.82. The molecule has 0 spiro atoms. The summed E-state index contributed by atoms with van der Waals surface area (Å²) in [5.41, 5.74) is 2.27. The molecule has 1 aromatic carbocycles. The molecule has 2 amide bonds. The third kappa shape index (κ3) is 4.61. The van der Waals surface area contributed by atoms with Crippen molar-refractivity contribution in [1.82, 2.24) is 10.2 Å². The Bertz CT molecular complexity index is 836. The van der Waals surface area contributed by atoms with Crippen molar-refractivity contribution in [2.75, 3.05) is 7.05 Å². The number of benzene rings is 1. The Morgan fingerprint density at radius 3 is 2.77 bits per heavy atom. The number of thioether (sulfide) groups is 1. The van der Waals surface area contributed by atoms with Crippen LogP contribution in [0.1, 0.15) is 63.0 Å². The summed E-state index contributed by atoms with van der Waals surface area (Å²) in [7, 11) is 1.91. The standard InChI is InChI=1S/C25H34N2O2S/c1-16-7-6-9-18(13-16)14-23-25(29)27(3)21-15-19(11-12-22(21)30-23)24(28)26-20-10-5-4-8-17(20)2/h6-7,9,13-14,17,19-22H,4-5,8,10-12,15H2,1-3H3,(H,26,28)/b23-14-. The van der Waals surface area contributed by atoms with Crippen LogP contribution in [-0.2, 0) is 9.59 Å². The summed E-state index contributed by atoms with van der Waals surface area (Å²) in [6.45, 7) is 4.33. The number of rotatable bonds is 3. The topological polar surface area (TPSA) is 49.4 Å². The van der Waals surface area contributed by atoms with Gasteiger partial charge < -0.3 is 10.2 Å². The Hall–Kier alpha value is -1.75. The van der Waals surface area contributed by atoms with Gasteiger partial charge in [-0.15, -0.1) is 11.8 Å². The number of amides is 2. The van der Waals surface area contributed by atoms with Crippen LogP contribution in [0.15, 0.2) is 29.2 Å². The van der Waals surface area contributed by atoms with Gasteiger partial charge in [0, 0.05) is 30.3 Å². The van der Waals surface area contributed by atoms with Crippen LogP contribution in [0.4, 0.5) is 0 Å². The number of carbonyl (C=O) groups excluding carboxylic acids is 2. The number of fused-ring (bicyclic) bond motifs is 1. The first-order valence-electron chi connectivity index (χ1n) is 11.4. The SMILES string of the molecule is Cc1cccc(/C=C2\SC3CCC(C(=O)NC4CCCCC4C)CC3N(C)C2=O)c1. The molecule has 0 bridgehead atoms. The van der Waals surface area contributed by atoms with Gasteiger partial charge in [-0.05, 0) is 56.6 Å². The molecule has 0 aromatic heterocycles. The first kappa shape index (κ1) is 21.5. The minimum Gasteiger partial charge on any atom is -0.353 e. The minimum absolute atomic E-state index is 0.0264. The van der Waals surface area contributed by atoms with Gasteiger partial charge in [0.05, 0.1) is 4.91 Å². The fourth-order valence-electron chi connectivity index (χ4n) is 5.28. The molecule has 5 unspecified atom stereocenters. The summed E-state index contributed by atoms with van der Waals surface area (Å²) in [4.78, 5) is 28.7. The Labute approximate surface area is 184 Å². The van der Waals surface area contributed by atoms with E-state index in [0.717, 1.165) is 36.2 Å². The van der Waals surface area contributed by atoms with E-state index in [2.05, 4.69) is 31.3 Å². The Kier molecular flexibility index (Phi) is 6.57. The fourth-order valence-corrected chi connectivity index (χ4v) is 6.76. The zero-order chi connectivity index (χ0) is 21.3. The molecule has 1 N–H and O–H groups in total. The van der Waals surface area contributed by atoms with Crippen LogP contribution in [0.3, 0.4) is 0 Å². The summed E-state index contributed by atoms with van der Waals surface area (Å²) >= 11 is 1.72. The van der Waals surface area contributed by atoms with Crippen LogP contribution in [-0.4, -0.2) is 41.1 Å². The van der Waals surface area contributed by atoms with Crippen molar-refractivity contribution in [2.45, 2.75) is 76.1 Å². The number of hydrogen-bond acceptors (Lipinski definition) is 3. The van der Waals surface area contributed by atoms with Crippen LogP contribution in [0, 0.1) is 18.8 Å². The first-order chi connectivity index (χ1) is 14.4. The van der Waals surface area contributed by atoms with Crippen molar-refractivity contribution in [1.29, 1.82) is 0 Å². The average molecular weight is 427 g/mol. The van der Waals surface area contributed by atoms with E-state index < -0.39 is 0 Å². The summed E-state index contributed by atoms with van der Waals surface area (Å²) in [5, 5.41) is 3.72. The number of carbonyl (C=O) groups is 2. The second kappa shape index (κ2) is 9.17. The van der Waals surface area contributed by atoms with Crippen LogP contribution in [0.5, 0.6) is 0 Å². The molecule has 5 atom stereocenters. The third-order valence-electron chi connectivity index (χ3n) is 7.21. The average Bonchev–Trinajstić information content (AvgIpc) is 2.73. The van der Waals surface area contributed by atoms with E-state index in [1.54, 1.807) is 11.8 Å². The van der Waals surface area contributed by atoms with Crippen molar-refractivity contribution < 1.29 is 9.59 Å². The number of aryl methyl sites for hydroxylation is 1. The lowest BCUT2D eigenvalue weighted by Gasteiger charge is -2.44. The summed E-state index contributed by atoms with van der Waals surface area (Å²) in [5.74, 6) is 0.894. The number of nitrogens with zero attached hydrogens (tertiary/aromatic N) is 1. The molecule has 2 aliphatic carbocycles. The van der Waals surface area contributed by atoms with Gasteiger partial charge in [-0.3, -0.25) is 9.59 Å². The highest BCUT2D eigenvalue weighted by atomic mass is 32.2. The minimum atomic E-state index is 0.0264. The quantitative estimate of drug-likeness (QED) is 0.708. The lowest BCUT2D eigenvalue weighted by Crippen LogP contribution is -2.53. The molecule has 4 rings (SSSR count). The summed E-state index contributed by atoms with van der Waals surface area (Å²) in [6.07, 6.45) is 9.52. The monoisotopic (exact) mass is 426 g/mol. The van der Waals surface area contributed by atoms with Gasteiger partial charge in [-0.25, -0.2) is 0 Å². The molecule has 1 saturated heterocycles. The van der Waals surface area contributed by atoms with Gasteiger partial charge in [0.1, 0.15) is 0 Å². The highest BCUT2D eigenvalue weighted by molar-refractivity contribution is 8.04. The number of hydrogen-bond donors (Lipinski definition) is 1. The number of likely N-dealkylation sites (N-methyl/N-ethyl adjacent to an activating group) is 1. The van der Waals surface area contributed by atoms with Crippen LogP contribution in [0.2, 0.25) is 0 Å². The Morgan fingerprint density at radius 1 is 1.20 bits per heavy atom. The molecule has 30 heavy (non-hydrogen) atoms. The molecule has 162 valence electrons. The Balaban J connectivity index is 1.41. The lowest BCUT2D eigenvalue weighted by molar-refractivity contribution is -0.132. The van der Waals surface area contributed by atoms with Crippen molar-refractivity contribution in [3.05, 3.63) is 40.3 Å². The zero-order valence-corrected chi connectivity index (χ0v) is 19.2. The molecule has 1 heterocycles. The molecule has 2 saturated carbocycles. The number of nitrogens with one attached hydrogen (secondary N) is 1. The van der Waals surface area contributed by atoms with Gasteiger partial charge in [-0.1, -0.05) is 49.6 Å². The van der Waals surface area contributed by atoms with Gasteiger partial charge in [0.15, 0.2) is 0 Å². The highest BCUT2D eigenvalue weighted by Gasteiger charge is 2.43. The van der Waals surface area contributed by atoms with Gasteiger partial charge in [-0.2, -0.15) is 0 Å². The molecule has 1 aromatic rings. The van der Waals surface area contributed by atoms with E-state index in [-0.39, 0.29) is 23.8 Å². The predicted octanol–water partition coefficient (Wildman–Crippen LogP) is 4.77. The van der Waals surface area contributed by atoms with Gasteiger partial charge >= 0.3 is 0 Å². The maximum absolute atomic E-state index is 13.0. The van der Waals surface area contributed by atoms with Crippen molar-refractivity contribution in [3.8, 4) is 0 Å². The van der Waals surface area contributed by atoms with E-state index in [1.807, 2.05) is 30.2 Å². The van der Waals surface area contributed by atoms with Crippen LogP contribution >= 0.6 is 11.8 Å². The van der Waals surface area contributed by atoms with Crippen molar-refractivity contribution >= 4 is 29.7 Å². The normalized spacial score (nSPS) is 33.3. The smallest absolute Gasteiger partial charge is 0.260 e.